The summed E-state index contributed by atoms with van der Waals surface area (Å²) in [7, 11) is 5.22. The molecule has 0 spiro atoms. The zero-order valence-electron chi connectivity index (χ0n) is 10.9. The van der Waals surface area contributed by atoms with Gasteiger partial charge < -0.3 is 19.5 Å². The van der Waals surface area contributed by atoms with E-state index in [1.165, 1.54) is 0 Å². The van der Waals surface area contributed by atoms with Crippen LogP contribution in [0.25, 0.3) is 0 Å². The smallest absolute Gasteiger partial charge is 0.161 e. The standard InChI is InChI=1S/C13H21NO3/c1-10(15-3)9-17-13-7-11(8-14-2)5-6-12(13)16-4/h5-7,10,14H,8-9H2,1-4H3. The van der Waals surface area contributed by atoms with Crippen LogP contribution in [-0.2, 0) is 11.3 Å². The molecule has 17 heavy (non-hydrogen) atoms. The summed E-state index contributed by atoms with van der Waals surface area (Å²) in [4.78, 5) is 0. The van der Waals surface area contributed by atoms with Gasteiger partial charge in [0.1, 0.15) is 6.61 Å². The van der Waals surface area contributed by atoms with Crippen molar-refractivity contribution in [2.75, 3.05) is 27.9 Å². The Kier molecular flexibility index (Phi) is 5.80. The van der Waals surface area contributed by atoms with Crippen LogP contribution in [0.15, 0.2) is 18.2 Å². The highest BCUT2D eigenvalue weighted by Gasteiger charge is 2.07. The molecule has 1 aromatic rings. The Balaban J connectivity index is 2.75. The van der Waals surface area contributed by atoms with E-state index in [2.05, 4.69) is 5.32 Å². The predicted molar refractivity (Wildman–Crippen MR) is 67.7 cm³/mol. The fourth-order valence-electron chi connectivity index (χ4n) is 1.42. The average molecular weight is 239 g/mol. The fourth-order valence-corrected chi connectivity index (χ4v) is 1.42. The van der Waals surface area contributed by atoms with Crippen molar-refractivity contribution in [3.05, 3.63) is 23.8 Å². The molecular weight excluding hydrogens is 218 g/mol. The third-order valence-electron chi connectivity index (χ3n) is 2.48. The first-order chi connectivity index (χ1) is 8.21. The first-order valence-corrected chi connectivity index (χ1v) is 5.68. The van der Waals surface area contributed by atoms with Gasteiger partial charge in [-0.25, -0.2) is 0 Å². The minimum absolute atomic E-state index is 0.0627. The molecule has 1 rings (SSSR count). The van der Waals surface area contributed by atoms with Gasteiger partial charge in [-0.15, -0.1) is 0 Å². The quantitative estimate of drug-likeness (QED) is 0.788. The Morgan fingerprint density at radius 1 is 1.24 bits per heavy atom. The fraction of sp³-hybridized carbons (Fsp3) is 0.538. The summed E-state index contributed by atoms with van der Waals surface area (Å²) in [5.41, 5.74) is 1.16. The van der Waals surface area contributed by atoms with Gasteiger partial charge in [0, 0.05) is 13.7 Å². The molecule has 0 bridgehead atoms. The Hall–Kier alpha value is -1.26. The van der Waals surface area contributed by atoms with Gasteiger partial charge in [0.25, 0.3) is 0 Å². The van der Waals surface area contributed by atoms with Crippen molar-refractivity contribution in [3.63, 3.8) is 0 Å². The second kappa shape index (κ2) is 7.14. The number of hydrogen-bond acceptors (Lipinski definition) is 4. The number of methoxy groups -OCH3 is 2. The molecule has 0 aliphatic carbocycles. The summed E-state index contributed by atoms with van der Waals surface area (Å²) in [6.45, 7) is 3.28. The molecule has 1 aromatic carbocycles. The largest absolute Gasteiger partial charge is 0.493 e. The predicted octanol–water partition coefficient (Wildman–Crippen LogP) is 1.83. The van der Waals surface area contributed by atoms with Crippen molar-refractivity contribution in [1.29, 1.82) is 0 Å². The van der Waals surface area contributed by atoms with E-state index in [0.717, 1.165) is 23.6 Å². The highest BCUT2D eigenvalue weighted by molar-refractivity contribution is 5.42. The molecule has 0 saturated heterocycles. The Morgan fingerprint density at radius 2 is 2.00 bits per heavy atom. The van der Waals surface area contributed by atoms with E-state index < -0.39 is 0 Å². The van der Waals surface area contributed by atoms with Gasteiger partial charge in [-0.05, 0) is 31.7 Å². The van der Waals surface area contributed by atoms with Crippen molar-refractivity contribution >= 4 is 0 Å². The first kappa shape index (κ1) is 13.8. The molecule has 1 unspecified atom stereocenters. The summed E-state index contributed by atoms with van der Waals surface area (Å²) in [6, 6.07) is 5.92. The van der Waals surface area contributed by atoms with Crippen molar-refractivity contribution in [3.8, 4) is 11.5 Å². The SMILES string of the molecule is CNCc1ccc(OC)c(OCC(C)OC)c1. The lowest BCUT2D eigenvalue weighted by molar-refractivity contribution is 0.0705. The Labute approximate surface area is 103 Å². The third kappa shape index (κ3) is 4.24. The normalized spacial score (nSPS) is 12.2. The zero-order valence-corrected chi connectivity index (χ0v) is 10.9. The summed E-state index contributed by atoms with van der Waals surface area (Å²) in [5, 5.41) is 3.10. The molecule has 0 saturated carbocycles. The molecule has 0 radical (unpaired) electrons. The number of ether oxygens (including phenoxy) is 3. The van der Waals surface area contributed by atoms with Crippen molar-refractivity contribution in [1.82, 2.24) is 5.32 Å². The average Bonchev–Trinajstić information content (AvgIpc) is 2.36. The number of rotatable bonds is 7. The van der Waals surface area contributed by atoms with E-state index in [9.17, 15) is 0 Å². The van der Waals surface area contributed by atoms with E-state index in [4.69, 9.17) is 14.2 Å². The summed E-state index contributed by atoms with van der Waals surface area (Å²) in [6.07, 6.45) is 0.0627. The van der Waals surface area contributed by atoms with E-state index in [1.54, 1.807) is 14.2 Å². The topological polar surface area (TPSA) is 39.7 Å². The van der Waals surface area contributed by atoms with Gasteiger partial charge in [0.05, 0.1) is 13.2 Å². The van der Waals surface area contributed by atoms with E-state index in [0.29, 0.717) is 6.61 Å². The second-order valence-corrected chi connectivity index (χ2v) is 3.87. The molecule has 0 fully saturated rings. The molecule has 0 aliphatic heterocycles. The number of hydrogen-bond donors (Lipinski definition) is 1. The minimum atomic E-state index is 0.0627. The molecule has 0 heterocycles. The summed E-state index contributed by atoms with van der Waals surface area (Å²) >= 11 is 0. The van der Waals surface area contributed by atoms with Crippen LogP contribution in [0.3, 0.4) is 0 Å². The molecule has 96 valence electrons. The van der Waals surface area contributed by atoms with E-state index >= 15 is 0 Å². The van der Waals surface area contributed by atoms with Crippen LogP contribution in [-0.4, -0.2) is 34.0 Å². The van der Waals surface area contributed by atoms with Crippen LogP contribution in [0.1, 0.15) is 12.5 Å². The summed E-state index contributed by atoms with van der Waals surface area (Å²) < 4.78 is 16.1. The number of benzene rings is 1. The van der Waals surface area contributed by atoms with Gasteiger partial charge >= 0.3 is 0 Å². The van der Waals surface area contributed by atoms with Crippen LogP contribution in [0.4, 0.5) is 0 Å². The van der Waals surface area contributed by atoms with Crippen molar-refractivity contribution in [2.45, 2.75) is 19.6 Å². The van der Waals surface area contributed by atoms with Crippen LogP contribution in [0, 0.1) is 0 Å². The van der Waals surface area contributed by atoms with Crippen molar-refractivity contribution < 1.29 is 14.2 Å². The van der Waals surface area contributed by atoms with E-state index in [1.807, 2.05) is 32.2 Å². The van der Waals surface area contributed by atoms with E-state index in [-0.39, 0.29) is 6.10 Å². The second-order valence-electron chi connectivity index (χ2n) is 3.87. The third-order valence-corrected chi connectivity index (χ3v) is 2.48. The van der Waals surface area contributed by atoms with Crippen molar-refractivity contribution in [2.24, 2.45) is 0 Å². The minimum Gasteiger partial charge on any atom is -0.493 e. The van der Waals surface area contributed by atoms with Crippen LogP contribution in [0.5, 0.6) is 11.5 Å². The van der Waals surface area contributed by atoms with Crippen LogP contribution < -0.4 is 14.8 Å². The first-order valence-electron chi connectivity index (χ1n) is 5.68. The van der Waals surface area contributed by atoms with Gasteiger partial charge in [-0.1, -0.05) is 6.07 Å². The highest BCUT2D eigenvalue weighted by atomic mass is 16.5. The number of nitrogens with one attached hydrogen (secondary N) is 1. The van der Waals surface area contributed by atoms with Gasteiger partial charge in [0.2, 0.25) is 0 Å². The molecular formula is C13H21NO3. The molecule has 1 atom stereocenters. The lowest BCUT2D eigenvalue weighted by Crippen LogP contribution is -2.16. The van der Waals surface area contributed by atoms with Gasteiger partial charge in [-0.2, -0.15) is 0 Å². The van der Waals surface area contributed by atoms with Gasteiger partial charge in [0.15, 0.2) is 11.5 Å². The van der Waals surface area contributed by atoms with Crippen LogP contribution >= 0.6 is 0 Å². The lowest BCUT2D eigenvalue weighted by Gasteiger charge is -2.15. The Morgan fingerprint density at radius 3 is 2.59 bits per heavy atom. The Bertz CT molecular complexity index is 341. The molecule has 4 nitrogen and oxygen atoms in total. The highest BCUT2D eigenvalue weighted by Crippen LogP contribution is 2.28. The maximum atomic E-state index is 5.69. The molecule has 0 amide bonds. The molecule has 0 aliphatic rings. The molecule has 0 aromatic heterocycles. The monoisotopic (exact) mass is 239 g/mol. The molecule has 4 heteroatoms. The maximum Gasteiger partial charge on any atom is 0.161 e. The lowest BCUT2D eigenvalue weighted by atomic mass is 10.2. The summed E-state index contributed by atoms with van der Waals surface area (Å²) in [5.74, 6) is 1.50. The zero-order chi connectivity index (χ0) is 12.7. The maximum absolute atomic E-state index is 5.69. The van der Waals surface area contributed by atoms with Crippen LogP contribution in [0.2, 0.25) is 0 Å². The molecule has 1 N–H and O–H groups in total. The van der Waals surface area contributed by atoms with Gasteiger partial charge in [-0.3, -0.25) is 0 Å².